The molecule has 2 nitrogen and oxygen atoms in total. The van der Waals surface area contributed by atoms with Crippen LogP contribution in [0.15, 0.2) is 18.2 Å². The highest BCUT2D eigenvalue weighted by atomic mass is 15.2. The van der Waals surface area contributed by atoms with Crippen LogP contribution in [0.25, 0.3) is 0 Å². The van der Waals surface area contributed by atoms with Gasteiger partial charge in [-0.2, -0.15) is 0 Å². The number of rotatable bonds is 4. The fraction of sp³-hybridized carbons (Fsp3) is 0.647. The Morgan fingerprint density at radius 1 is 1.32 bits per heavy atom. The zero-order valence-corrected chi connectivity index (χ0v) is 13.0. The Hall–Kier alpha value is -1.02. The van der Waals surface area contributed by atoms with Crippen LogP contribution in [0.1, 0.15) is 45.2 Å². The van der Waals surface area contributed by atoms with Gasteiger partial charge >= 0.3 is 0 Å². The summed E-state index contributed by atoms with van der Waals surface area (Å²) in [7, 11) is 0. The number of nitrogens with zero attached hydrogens (tertiary/aromatic N) is 1. The highest BCUT2D eigenvalue weighted by Gasteiger charge is 2.26. The quantitative estimate of drug-likeness (QED) is 0.887. The van der Waals surface area contributed by atoms with Crippen molar-refractivity contribution in [3.05, 3.63) is 29.3 Å². The summed E-state index contributed by atoms with van der Waals surface area (Å²) in [4.78, 5) is 2.57. The molecule has 1 heterocycles. The summed E-state index contributed by atoms with van der Waals surface area (Å²) in [5, 5.41) is 3.48. The number of nitrogens with one attached hydrogen (secondary N) is 1. The molecule has 2 rings (SSSR count). The third-order valence-corrected chi connectivity index (χ3v) is 4.07. The number of hydrogen-bond donors (Lipinski definition) is 1. The fourth-order valence-corrected chi connectivity index (χ4v) is 3.11. The molecule has 0 spiro atoms. The zero-order valence-electron chi connectivity index (χ0n) is 13.0. The van der Waals surface area contributed by atoms with Gasteiger partial charge in [-0.25, -0.2) is 0 Å². The average Bonchev–Trinajstić information content (AvgIpc) is 2.66. The van der Waals surface area contributed by atoms with E-state index in [1.165, 1.54) is 29.8 Å². The van der Waals surface area contributed by atoms with Crippen LogP contribution in [0, 0.1) is 12.8 Å². The van der Waals surface area contributed by atoms with Gasteiger partial charge in [-0.15, -0.1) is 0 Å². The van der Waals surface area contributed by atoms with E-state index in [2.05, 4.69) is 63.0 Å². The van der Waals surface area contributed by atoms with Crippen molar-refractivity contribution < 1.29 is 0 Å². The molecule has 0 aromatic heterocycles. The lowest BCUT2D eigenvalue weighted by Crippen LogP contribution is -2.27. The molecule has 1 aliphatic heterocycles. The molecule has 106 valence electrons. The van der Waals surface area contributed by atoms with Crippen molar-refractivity contribution in [2.45, 2.75) is 59.7 Å². The van der Waals surface area contributed by atoms with Gasteiger partial charge in [0.05, 0.1) is 0 Å². The monoisotopic (exact) mass is 260 g/mol. The van der Waals surface area contributed by atoms with E-state index in [9.17, 15) is 0 Å². The Labute approximate surface area is 118 Å². The maximum atomic E-state index is 3.48. The van der Waals surface area contributed by atoms with Gasteiger partial charge in [-0.1, -0.05) is 32.9 Å². The van der Waals surface area contributed by atoms with Crippen LogP contribution in [0.4, 0.5) is 5.69 Å². The van der Waals surface area contributed by atoms with Crippen molar-refractivity contribution in [3.63, 3.8) is 0 Å². The Morgan fingerprint density at radius 3 is 2.58 bits per heavy atom. The number of anilines is 1. The topological polar surface area (TPSA) is 15.3 Å². The van der Waals surface area contributed by atoms with Gasteiger partial charge in [-0.3, -0.25) is 0 Å². The maximum absolute atomic E-state index is 3.48. The van der Waals surface area contributed by atoms with E-state index in [0.717, 1.165) is 12.5 Å². The smallest absolute Gasteiger partial charge is 0.0398 e. The minimum atomic E-state index is 0.541. The van der Waals surface area contributed by atoms with Crippen LogP contribution < -0.4 is 10.2 Å². The molecule has 2 unspecified atom stereocenters. The van der Waals surface area contributed by atoms with Crippen molar-refractivity contribution in [3.8, 4) is 0 Å². The first-order valence-corrected chi connectivity index (χ1v) is 7.57. The summed E-state index contributed by atoms with van der Waals surface area (Å²) >= 11 is 0. The van der Waals surface area contributed by atoms with E-state index in [-0.39, 0.29) is 0 Å². The second-order valence-corrected chi connectivity index (χ2v) is 6.50. The van der Waals surface area contributed by atoms with Crippen LogP contribution in [-0.2, 0) is 6.54 Å². The summed E-state index contributed by atoms with van der Waals surface area (Å²) in [5.74, 6) is 0.816. The molecule has 0 amide bonds. The minimum absolute atomic E-state index is 0.541. The molecule has 0 radical (unpaired) electrons. The molecular formula is C17H28N2. The molecule has 1 saturated heterocycles. The normalized spacial score (nSPS) is 23.4. The summed E-state index contributed by atoms with van der Waals surface area (Å²) in [5.41, 5.74) is 4.21. The van der Waals surface area contributed by atoms with E-state index in [4.69, 9.17) is 0 Å². The largest absolute Gasteiger partial charge is 0.368 e. The lowest BCUT2D eigenvalue weighted by atomic mass is 10.1. The molecular weight excluding hydrogens is 232 g/mol. The zero-order chi connectivity index (χ0) is 14.0. The lowest BCUT2D eigenvalue weighted by molar-refractivity contribution is 0.588. The molecule has 1 aliphatic rings. The first-order chi connectivity index (χ1) is 8.97. The van der Waals surface area contributed by atoms with Gasteiger partial charge in [0.1, 0.15) is 0 Å². The lowest BCUT2D eigenvalue weighted by Gasteiger charge is -2.26. The highest BCUT2D eigenvalue weighted by Crippen LogP contribution is 2.31. The first kappa shape index (κ1) is 14.4. The van der Waals surface area contributed by atoms with Crippen LogP contribution in [0.5, 0.6) is 0 Å². The Morgan fingerprint density at radius 2 is 2.05 bits per heavy atom. The van der Waals surface area contributed by atoms with Crippen molar-refractivity contribution in [2.24, 2.45) is 5.92 Å². The Bertz CT molecular complexity index is 425. The first-order valence-electron chi connectivity index (χ1n) is 7.57. The summed E-state index contributed by atoms with van der Waals surface area (Å²) in [6.45, 7) is 13.5. The second-order valence-electron chi connectivity index (χ2n) is 6.50. The van der Waals surface area contributed by atoms with Crippen molar-refractivity contribution >= 4 is 5.69 Å². The maximum Gasteiger partial charge on any atom is 0.0398 e. The molecule has 0 bridgehead atoms. The molecule has 0 aliphatic carbocycles. The SMILES string of the molecule is Cc1cc(CNC(C)C)ccc1N1CC(C)CC1C. The van der Waals surface area contributed by atoms with Crippen LogP contribution in [-0.4, -0.2) is 18.6 Å². The summed E-state index contributed by atoms with van der Waals surface area (Å²) in [6, 6.07) is 8.13. The van der Waals surface area contributed by atoms with E-state index in [0.29, 0.717) is 12.1 Å². The van der Waals surface area contributed by atoms with Gasteiger partial charge in [0, 0.05) is 30.9 Å². The van der Waals surface area contributed by atoms with Gasteiger partial charge in [0.2, 0.25) is 0 Å². The average molecular weight is 260 g/mol. The van der Waals surface area contributed by atoms with Crippen LogP contribution in [0.2, 0.25) is 0 Å². The standard InChI is InChI=1S/C17H28N2/c1-12(2)18-10-16-6-7-17(14(4)9-16)19-11-13(3)8-15(19)5/h6-7,9,12-13,15,18H,8,10-11H2,1-5H3. The summed E-state index contributed by atoms with van der Waals surface area (Å²) < 4.78 is 0. The predicted molar refractivity (Wildman–Crippen MR) is 83.7 cm³/mol. The van der Waals surface area contributed by atoms with Gasteiger partial charge in [-0.05, 0) is 43.4 Å². The van der Waals surface area contributed by atoms with Gasteiger partial charge < -0.3 is 10.2 Å². The number of aryl methyl sites for hydroxylation is 1. The molecule has 19 heavy (non-hydrogen) atoms. The van der Waals surface area contributed by atoms with Gasteiger partial charge in [0.25, 0.3) is 0 Å². The van der Waals surface area contributed by atoms with Crippen molar-refractivity contribution in [1.82, 2.24) is 5.32 Å². The molecule has 0 saturated carbocycles. The van der Waals surface area contributed by atoms with Crippen LogP contribution >= 0.6 is 0 Å². The molecule has 2 heteroatoms. The molecule has 1 fully saturated rings. The Kier molecular flexibility index (Phi) is 4.51. The Balaban J connectivity index is 2.11. The van der Waals surface area contributed by atoms with Crippen molar-refractivity contribution in [1.29, 1.82) is 0 Å². The second kappa shape index (κ2) is 5.96. The third-order valence-electron chi connectivity index (χ3n) is 4.07. The molecule has 1 aromatic carbocycles. The highest BCUT2D eigenvalue weighted by molar-refractivity contribution is 5.56. The molecule has 1 aromatic rings. The summed E-state index contributed by atoms with van der Waals surface area (Å²) in [6.07, 6.45) is 1.32. The molecule has 1 N–H and O–H groups in total. The van der Waals surface area contributed by atoms with Crippen LogP contribution in [0.3, 0.4) is 0 Å². The fourth-order valence-electron chi connectivity index (χ4n) is 3.11. The third kappa shape index (κ3) is 3.50. The van der Waals surface area contributed by atoms with E-state index in [1.807, 2.05) is 0 Å². The number of hydrogen-bond acceptors (Lipinski definition) is 2. The minimum Gasteiger partial charge on any atom is -0.368 e. The van der Waals surface area contributed by atoms with Gasteiger partial charge in [0.15, 0.2) is 0 Å². The number of benzene rings is 1. The van der Waals surface area contributed by atoms with E-state index in [1.54, 1.807) is 0 Å². The van der Waals surface area contributed by atoms with Crippen molar-refractivity contribution in [2.75, 3.05) is 11.4 Å². The molecule has 2 atom stereocenters. The predicted octanol–water partition coefficient (Wildman–Crippen LogP) is 3.73. The van der Waals surface area contributed by atoms with E-state index >= 15 is 0 Å². The van der Waals surface area contributed by atoms with E-state index < -0.39 is 0 Å².